The molecule has 2 unspecified atom stereocenters. The highest BCUT2D eigenvalue weighted by molar-refractivity contribution is 7.09. The fourth-order valence-electron chi connectivity index (χ4n) is 1.53. The van der Waals surface area contributed by atoms with Crippen LogP contribution in [0.5, 0.6) is 0 Å². The van der Waals surface area contributed by atoms with Gasteiger partial charge in [0.1, 0.15) is 5.78 Å². The first kappa shape index (κ1) is 12.4. The summed E-state index contributed by atoms with van der Waals surface area (Å²) < 4.78 is 0. The molecular weight excluding hydrogens is 206 g/mol. The molecule has 0 spiro atoms. The number of likely N-dealkylation sites (N-methyl/N-ethyl adjacent to an activating group) is 1. The van der Waals surface area contributed by atoms with Crippen LogP contribution in [0.4, 0.5) is 0 Å². The number of hydrogen-bond acceptors (Lipinski definition) is 3. The van der Waals surface area contributed by atoms with E-state index >= 15 is 0 Å². The Bertz CT molecular complexity index is 307. The molecule has 0 fully saturated rings. The summed E-state index contributed by atoms with van der Waals surface area (Å²) in [7, 11) is 2.02. The van der Waals surface area contributed by atoms with Crippen molar-refractivity contribution < 1.29 is 4.79 Å². The van der Waals surface area contributed by atoms with Gasteiger partial charge < -0.3 is 0 Å². The molecule has 0 aliphatic carbocycles. The zero-order valence-electron chi connectivity index (χ0n) is 9.86. The Hall–Kier alpha value is -0.670. The maximum absolute atomic E-state index is 11.3. The normalized spacial score (nSPS) is 15.3. The Labute approximate surface area is 95.9 Å². The predicted molar refractivity (Wildman–Crippen MR) is 65.4 cm³/mol. The van der Waals surface area contributed by atoms with E-state index in [1.807, 2.05) is 14.0 Å². The third-order valence-electron chi connectivity index (χ3n) is 2.97. The van der Waals surface area contributed by atoms with E-state index in [0.717, 1.165) is 6.42 Å². The van der Waals surface area contributed by atoms with E-state index < -0.39 is 0 Å². The van der Waals surface area contributed by atoms with Crippen molar-refractivity contribution >= 4 is 17.1 Å². The molecule has 1 aromatic heterocycles. The summed E-state index contributed by atoms with van der Waals surface area (Å²) in [6.45, 7) is 5.78. The number of carbonyl (C=O) groups is 1. The molecule has 1 rings (SSSR count). The zero-order chi connectivity index (χ0) is 11.4. The molecule has 84 valence electrons. The highest BCUT2D eigenvalue weighted by Gasteiger charge is 2.19. The van der Waals surface area contributed by atoms with Crippen LogP contribution in [0.2, 0.25) is 0 Å². The lowest BCUT2D eigenvalue weighted by Crippen LogP contribution is -2.41. The lowest BCUT2D eigenvalue weighted by Gasteiger charge is -2.28. The van der Waals surface area contributed by atoms with Gasteiger partial charge in [-0.2, -0.15) is 0 Å². The number of ketones is 1. The molecule has 0 N–H and O–H groups in total. The maximum atomic E-state index is 11.3. The SMILES string of the molecule is CC(=O)C(C)N(C)C(C)Cc1cccs1. The van der Waals surface area contributed by atoms with Crippen LogP contribution < -0.4 is 0 Å². The van der Waals surface area contributed by atoms with E-state index in [9.17, 15) is 4.79 Å². The highest BCUT2D eigenvalue weighted by atomic mass is 32.1. The van der Waals surface area contributed by atoms with Crippen molar-refractivity contribution in [2.24, 2.45) is 0 Å². The van der Waals surface area contributed by atoms with Gasteiger partial charge in [-0.05, 0) is 45.7 Å². The molecule has 0 aliphatic rings. The predicted octanol–water partition coefficient (Wildman–Crippen LogP) is 2.59. The first-order chi connectivity index (χ1) is 7.02. The van der Waals surface area contributed by atoms with E-state index in [0.29, 0.717) is 6.04 Å². The smallest absolute Gasteiger partial charge is 0.146 e. The highest BCUT2D eigenvalue weighted by Crippen LogP contribution is 2.14. The summed E-state index contributed by atoms with van der Waals surface area (Å²) in [5, 5.41) is 2.09. The zero-order valence-corrected chi connectivity index (χ0v) is 10.7. The third-order valence-corrected chi connectivity index (χ3v) is 3.87. The molecule has 0 aliphatic heterocycles. The van der Waals surface area contributed by atoms with Crippen molar-refractivity contribution in [1.82, 2.24) is 4.90 Å². The second-order valence-electron chi connectivity index (χ2n) is 4.08. The van der Waals surface area contributed by atoms with E-state index in [-0.39, 0.29) is 11.8 Å². The van der Waals surface area contributed by atoms with Crippen LogP contribution in [0, 0.1) is 0 Å². The molecule has 15 heavy (non-hydrogen) atoms. The van der Waals surface area contributed by atoms with Gasteiger partial charge in [-0.15, -0.1) is 11.3 Å². The first-order valence-corrected chi connectivity index (χ1v) is 6.15. The van der Waals surface area contributed by atoms with E-state index in [1.54, 1.807) is 18.3 Å². The van der Waals surface area contributed by atoms with Crippen molar-refractivity contribution in [3.63, 3.8) is 0 Å². The lowest BCUT2D eigenvalue weighted by atomic mass is 10.1. The minimum atomic E-state index is 0.0139. The van der Waals surface area contributed by atoms with Gasteiger partial charge in [0, 0.05) is 10.9 Å². The van der Waals surface area contributed by atoms with Crippen molar-refractivity contribution in [2.45, 2.75) is 39.3 Å². The van der Waals surface area contributed by atoms with Gasteiger partial charge in [0.25, 0.3) is 0 Å². The van der Waals surface area contributed by atoms with Crippen LogP contribution in [0.3, 0.4) is 0 Å². The van der Waals surface area contributed by atoms with Crippen LogP contribution in [-0.4, -0.2) is 29.8 Å². The number of rotatable bonds is 5. The average Bonchev–Trinajstić information content (AvgIpc) is 2.67. The van der Waals surface area contributed by atoms with Crippen LogP contribution in [0.25, 0.3) is 0 Å². The molecule has 2 atom stereocenters. The fourth-order valence-corrected chi connectivity index (χ4v) is 2.36. The second kappa shape index (κ2) is 5.42. The monoisotopic (exact) mass is 225 g/mol. The first-order valence-electron chi connectivity index (χ1n) is 5.27. The van der Waals surface area contributed by atoms with Gasteiger partial charge in [-0.3, -0.25) is 9.69 Å². The van der Waals surface area contributed by atoms with Crippen LogP contribution in [0.1, 0.15) is 25.6 Å². The molecular formula is C12H19NOS. The molecule has 0 aromatic carbocycles. The topological polar surface area (TPSA) is 20.3 Å². The minimum absolute atomic E-state index is 0.0139. The number of nitrogens with zero attached hydrogens (tertiary/aromatic N) is 1. The Kier molecular flexibility index (Phi) is 4.48. The Morgan fingerprint density at radius 3 is 2.67 bits per heavy atom. The Morgan fingerprint density at radius 2 is 2.20 bits per heavy atom. The van der Waals surface area contributed by atoms with Gasteiger partial charge in [-0.25, -0.2) is 0 Å². The van der Waals surface area contributed by atoms with Gasteiger partial charge in [0.2, 0.25) is 0 Å². The Morgan fingerprint density at radius 1 is 1.53 bits per heavy atom. The number of Topliss-reactive ketones (excluding diaryl/α,β-unsaturated/α-hetero) is 1. The van der Waals surface area contributed by atoms with Gasteiger partial charge in [-0.1, -0.05) is 6.07 Å². The second-order valence-corrected chi connectivity index (χ2v) is 5.12. The standard InChI is InChI=1S/C12H19NOS/c1-9(8-12-6-5-7-15-12)13(4)10(2)11(3)14/h5-7,9-10H,8H2,1-4H3. The molecule has 0 radical (unpaired) electrons. The van der Waals surface area contributed by atoms with Gasteiger partial charge in [0.15, 0.2) is 0 Å². The van der Waals surface area contributed by atoms with Crippen LogP contribution in [-0.2, 0) is 11.2 Å². The molecule has 1 aromatic rings. The van der Waals surface area contributed by atoms with Crippen molar-refractivity contribution in [3.05, 3.63) is 22.4 Å². The minimum Gasteiger partial charge on any atom is -0.298 e. The van der Waals surface area contributed by atoms with Crippen molar-refractivity contribution in [2.75, 3.05) is 7.05 Å². The average molecular weight is 225 g/mol. The number of thiophene rings is 1. The van der Waals surface area contributed by atoms with Crippen LogP contribution in [0.15, 0.2) is 17.5 Å². The summed E-state index contributed by atoms with van der Waals surface area (Å²) in [5.41, 5.74) is 0. The van der Waals surface area contributed by atoms with Crippen molar-refractivity contribution in [3.8, 4) is 0 Å². The van der Waals surface area contributed by atoms with Crippen molar-refractivity contribution in [1.29, 1.82) is 0 Å². The quantitative estimate of drug-likeness (QED) is 0.767. The molecule has 0 bridgehead atoms. The summed E-state index contributed by atoms with van der Waals surface area (Å²) in [6.07, 6.45) is 1.02. The fraction of sp³-hybridized carbons (Fsp3) is 0.583. The molecule has 3 heteroatoms. The Balaban J connectivity index is 2.53. The molecule has 1 heterocycles. The number of hydrogen-bond donors (Lipinski definition) is 0. The third kappa shape index (κ3) is 3.43. The molecule has 2 nitrogen and oxygen atoms in total. The van der Waals surface area contributed by atoms with Gasteiger partial charge >= 0.3 is 0 Å². The lowest BCUT2D eigenvalue weighted by molar-refractivity contribution is -0.121. The van der Waals surface area contributed by atoms with Gasteiger partial charge in [0.05, 0.1) is 6.04 Å². The maximum Gasteiger partial charge on any atom is 0.146 e. The summed E-state index contributed by atoms with van der Waals surface area (Å²) in [5.74, 6) is 0.232. The largest absolute Gasteiger partial charge is 0.298 e. The number of carbonyl (C=O) groups excluding carboxylic acids is 1. The summed E-state index contributed by atoms with van der Waals surface area (Å²) in [6, 6.07) is 4.64. The van der Waals surface area contributed by atoms with E-state index in [2.05, 4.69) is 29.3 Å². The molecule has 0 amide bonds. The van der Waals surface area contributed by atoms with E-state index in [4.69, 9.17) is 0 Å². The molecule has 0 saturated heterocycles. The van der Waals surface area contributed by atoms with E-state index in [1.165, 1.54) is 4.88 Å². The summed E-state index contributed by atoms with van der Waals surface area (Å²) >= 11 is 1.78. The molecule has 0 saturated carbocycles. The summed E-state index contributed by atoms with van der Waals surface area (Å²) in [4.78, 5) is 14.8. The van der Waals surface area contributed by atoms with Crippen LogP contribution >= 0.6 is 11.3 Å².